The molecule has 34 heavy (non-hydrogen) atoms. The lowest BCUT2D eigenvalue weighted by atomic mass is 9.94. The van der Waals surface area contributed by atoms with E-state index in [0.29, 0.717) is 17.8 Å². The molecule has 10 nitrogen and oxygen atoms in total. The van der Waals surface area contributed by atoms with Crippen molar-refractivity contribution in [2.24, 2.45) is 10.9 Å². The highest BCUT2D eigenvalue weighted by atomic mass is 16.6. The van der Waals surface area contributed by atoms with Crippen LogP contribution in [0.1, 0.15) is 46.2 Å². The van der Waals surface area contributed by atoms with Crippen LogP contribution in [0.15, 0.2) is 29.3 Å². The molecule has 0 fully saturated rings. The van der Waals surface area contributed by atoms with Crippen LogP contribution in [0.5, 0.6) is 0 Å². The molecular weight excluding hydrogens is 437 g/mol. The molecule has 1 heterocycles. The molecule has 184 valence electrons. The second-order valence-electron chi connectivity index (χ2n) is 9.39. The molecule has 11 heteroatoms. The van der Waals surface area contributed by atoms with Crippen molar-refractivity contribution in [1.82, 2.24) is 21.3 Å². The first-order valence-corrected chi connectivity index (χ1v) is 11.2. The number of carbonyl (C=O) groups is 3. The van der Waals surface area contributed by atoms with Crippen LogP contribution in [0.3, 0.4) is 0 Å². The molecule has 1 aliphatic heterocycles. The number of benzene rings is 1. The largest absolute Gasteiger partial charge is 0.453 e. The van der Waals surface area contributed by atoms with E-state index in [1.165, 1.54) is 7.11 Å². The molecule has 2 rings (SSSR count). The van der Waals surface area contributed by atoms with E-state index < -0.39 is 35.8 Å². The summed E-state index contributed by atoms with van der Waals surface area (Å²) in [6.45, 7) is 9.37. The number of carbonyl (C=O) groups excluding carboxylic acids is 3. The fourth-order valence-electron chi connectivity index (χ4n) is 3.29. The second-order valence-corrected chi connectivity index (χ2v) is 9.39. The Labute approximate surface area is 202 Å². The zero-order valence-corrected chi connectivity index (χ0v) is 20.6. The minimum absolute atomic E-state index is 0.0317. The van der Waals surface area contributed by atoms with Crippen molar-refractivity contribution >= 4 is 37.2 Å². The van der Waals surface area contributed by atoms with E-state index in [-0.39, 0.29) is 18.5 Å². The van der Waals surface area contributed by atoms with Crippen LogP contribution >= 0.6 is 0 Å². The van der Waals surface area contributed by atoms with Crippen molar-refractivity contribution in [1.29, 1.82) is 0 Å². The third kappa shape index (κ3) is 8.28. The lowest BCUT2D eigenvalue weighted by molar-refractivity contribution is -0.124. The predicted octanol–water partition coefficient (Wildman–Crippen LogP) is 0.913. The molecule has 3 amide bonds. The van der Waals surface area contributed by atoms with Crippen molar-refractivity contribution in [2.45, 2.75) is 58.3 Å². The Bertz CT molecular complexity index is 898. The SMILES string of the molecule is [B]c1ccc(C2CN=C([C@H](CNC(=O)OC(C)(C)C)NC(=O)[C@@H](NC(=O)OC)C(C)C)N2)cc1. The number of rotatable bonds is 8. The summed E-state index contributed by atoms with van der Waals surface area (Å²) in [5, 5.41) is 11.4. The van der Waals surface area contributed by atoms with Gasteiger partial charge in [0.1, 0.15) is 31.4 Å². The Hall–Kier alpha value is -3.24. The zero-order chi connectivity index (χ0) is 25.5. The standard InChI is InChI=1S/C23H34BN5O5/c1-13(2)18(29-22(32)33-6)20(30)28-17(12-26-21(31)34-23(3,4)5)19-25-11-16(27-19)14-7-9-15(24)10-8-14/h7-10,13,16-18H,11-12H2,1-6H3,(H,25,27)(H,26,31)(H,28,30)(H,29,32)/t16?,17-,18-/m0/s1. The van der Waals surface area contributed by atoms with Gasteiger partial charge in [-0.25, -0.2) is 9.59 Å². The quantitative estimate of drug-likeness (QED) is 0.417. The van der Waals surface area contributed by atoms with Gasteiger partial charge in [-0.05, 0) is 32.3 Å². The smallest absolute Gasteiger partial charge is 0.407 e. The highest BCUT2D eigenvalue weighted by Gasteiger charge is 2.31. The molecule has 1 aliphatic rings. The number of alkyl carbamates (subject to hydrolysis) is 2. The van der Waals surface area contributed by atoms with Gasteiger partial charge in [-0.2, -0.15) is 0 Å². The number of amides is 3. The Kier molecular flexibility index (Phi) is 9.34. The summed E-state index contributed by atoms with van der Waals surface area (Å²) in [6.07, 6.45) is -1.33. The Morgan fingerprint density at radius 2 is 1.79 bits per heavy atom. The first-order valence-electron chi connectivity index (χ1n) is 11.2. The maximum Gasteiger partial charge on any atom is 0.407 e. The van der Waals surface area contributed by atoms with E-state index in [0.717, 1.165) is 5.56 Å². The summed E-state index contributed by atoms with van der Waals surface area (Å²) in [4.78, 5) is 41.5. The summed E-state index contributed by atoms with van der Waals surface area (Å²) in [7, 11) is 7.01. The van der Waals surface area contributed by atoms with Crippen molar-refractivity contribution in [3.05, 3.63) is 29.8 Å². The topological polar surface area (TPSA) is 130 Å². The van der Waals surface area contributed by atoms with Gasteiger partial charge in [0.15, 0.2) is 0 Å². The Morgan fingerprint density at radius 1 is 1.15 bits per heavy atom. The van der Waals surface area contributed by atoms with Gasteiger partial charge in [0, 0.05) is 6.54 Å². The molecule has 0 saturated carbocycles. The normalized spacial score (nSPS) is 17.1. The summed E-state index contributed by atoms with van der Waals surface area (Å²) < 4.78 is 9.94. The molecule has 0 aliphatic carbocycles. The fourth-order valence-corrected chi connectivity index (χ4v) is 3.29. The summed E-state index contributed by atoms with van der Waals surface area (Å²) in [5.74, 6) is -0.136. The Balaban J connectivity index is 2.15. The minimum Gasteiger partial charge on any atom is -0.453 e. The third-order valence-electron chi connectivity index (χ3n) is 5.01. The number of hydrogen-bond donors (Lipinski definition) is 4. The monoisotopic (exact) mass is 471 g/mol. The number of hydrogen-bond acceptors (Lipinski definition) is 7. The lowest BCUT2D eigenvalue weighted by Crippen LogP contribution is -2.58. The predicted molar refractivity (Wildman–Crippen MR) is 130 cm³/mol. The molecule has 2 radical (unpaired) electrons. The fraction of sp³-hybridized carbons (Fsp3) is 0.565. The number of ether oxygens (including phenoxy) is 2. The summed E-state index contributed by atoms with van der Waals surface area (Å²) in [5.41, 5.74) is 0.984. The van der Waals surface area contributed by atoms with Gasteiger partial charge >= 0.3 is 12.2 Å². The van der Waals surface area contributed by atoms with E-state index in [9.17, 15) is 14.4 Å². The summed E-state index contributed by atoms with van der Waals surface area (Å²) in [6, 6.07) is 5.81. The molecule has 1 unspecified atom stereocenters. The molecule has 0 bridgehead atoms. The molecule has 3 atom stereocenters. The van der Waals surface area contributed by atoms with Crippen LogP contribution in [0.4, 0.5) is 9.59 Å². The summed E-state index contributed by atoms with van der Waals surface area (Å²) >= 11 is 0. The number of methoxy groups -OCH3 is 1. The van der Waals surface area contributed by atoms with E-state index in [2.05, 4.69) is 31.0 Å². The van der Waals surface area contributed by atoms with Gasteiger partial charge in [-0.3, -0.25) is 9.79 Å². The second kappa shape index (κ2) is 11.8. The highest BCUT2D eigenvalue weighted by Crippen LogP contribution is 2.17. The first-order chi connectivity index (χ1) is 15.9. The Morgan fingerprint density at radius 3 is 2.35 bits per heavy atom. The van der Waals surface area contributed by atoms with Gasteiger partial charge in [0.25, 0.3) is 0 Å². The van der Waals surface area contributed by atoms with E-state index in [4.69, 9.17) is 12.6 Å². The number of aliphatic imine (C=N–C) groups is 1. The van der Waals surface area contributed by atoms with E-state index in [1.807, 2.05) is 24.3 Å². The van der Waals surface area contributed by atoms with Crippen LogP contribution in [0.2, 0.25) is 0 Å². The van der Waals surface area contributed by atoms with Gasteiger partial charge in [-0.1, -0.05) is 43.6 Å². The number of amidine groups is 1. The van der Waals surface area contributed by atoms with Crippen LogP contribution in [0.25, 0.3) is 0 Å². The lowest BCUT2D eigenvalue weighted by Gasteiger charge is -2.27. The first kappa shape index (κ1) is 27.0. The van der Waals surface area contributed by atoms with Gasteiger partial charge in [-0.15, -0.1) is 0 Å². The maximum atomic E-state index is 13.0. The van der Waals surface area contributed by atoms with Crippen LogP contribution < -0.4 is 26.7 Å². The van der Waals surface area contributed by atoms with E-state index >= 15 is 0 Å². The molecule has 0 aromatic heterocycles. The average Bonchev–Trinajstić information content (AvgIpc) is 3.23. The van der Waals surface area contributed by atoms with E-state index in [1.54, 1.807) is 34.6 Å². The highest BCUT2D eigenvalue weighted by molar-refractivity contribution is 6.32. The average molecular weight is 471 g/mol. The van der Waals surface area contributed by atoms with Crippen LogP contribution in [0, 0.1) is 5.92 Å². The molecule has 0 saturated heterocycles. The molecular formula is C23H34BN5O5. The third-order valence-corrected chi connectivity index (χ3v) is 5.01. The van der Waals surface area contributed by atoms with Crippen molar-refractivity contribution in [2.75, 3.05) is 20.2 Å². The molecule has 1 aromatic carbocycles. The van der Waals surface area contributed by atoms with Crippen LogP contribution in [-0.4, -0.2) is 69.7 Å². The molecule has 4 N–H and O–H groups in total. The van der Waals surface area contributed by atoms with Crippen molar-refractivity contribution < 1.29 is 23.9 Å². The van der Waals surface area contributed by atoms with Gasteiger partial charge in [0.05, 0.1) is 19.7 Å². The van der Waals surface area contributed by atoms with Gasteiger partial charge in [0.2, 0.25) is 5.91 Å². The zero-order valence-electron chi connectivity index (χ0n) is 20.6. The van der Waals surface area contributed by atoms with Crippen molar-refractivity contribution in [3.63, 3.8) is 0 Å². The maximum absolute atomic E-state index is 13.0. The number of nitrogens with zero attached hydrogens (tertiary/aromatic N) is 1. The molecule has 0 spiro atoms. The minimum atomic E-state index is -0.841. The van der Waals surface area contributed by atoms with Crippen LogP contribution in [-0.2, 0) is 14.3 Å². The van der Waals surface area contributed by atoms with Gasteiger partial charge < -0.3 is 30.7 Å². The van der Waals surface area contributed by atoms with Crippen molar-refractivity contribution in [3.8, 4) is 0 Å². The molecule has 1 aromatic rings. The number of nitrogens with one attached hydrogen (secondary N) is 4.